The molecule has 1 atom stereocenters. The minimum atomic E-state index is -0.749. The minimum Gasteiger partial charge on any atom is -0.450 e. The summed E-state index contributed by atoms with van der Waals surface area (Å²) < 4.78 is 5.89. The van der Waals surface area contributed by atoms with Crippen LogP contribution in [0.2, 0.25) is 10.0 Å². The Morgan fingerprint density at radius 2 is 1.93 bits per heavy atom. The van der Waals surface area contributed by atoms with Gasteiger partial charge in [0, 0.05) is 0 Å². The largest absolute Gasteiger partial charge is 0.450 e. The summed E-state index contributed by atoms with van der Waals surface area (Å²) in [4.78, 5) is 28.1. The number of amides is 1. The van der Waals surface area contributed by atoms with Crippen molar-refractivity contribution in [2.24, 2.45) is 0 Å². The molecule has 1 aliphatic rings. The first-order valence-electron chi connectivity index (χ1n) is 8.57. The zero-order valence-corrected chi connectivity index (χ0v) is 17.2. The van der Waals surface area contributed by atoms with Crippen molar-refractivity contribution in [3.05, 3.63) is 84.6 Å². The average Bonchev–Trinajstić information content (AvgIpc) is 3.32. The first kappa shape index (κ1) is 18.3. The molecule has 4 aromatic rings. The lowest BCUT2D eigenvalue weighted by Gasteiger charge is -2.22. The number of carbonyl (C=O) groups is 1. The number of carbonyl (C=O) groups excluding carboxylic acids is 1. The summed E-state index contributed by atoms with van der Waals surface area (Å²) in [6.45, 7) is 1.89. The molecule has 1 unspecified atom stereocenters. The highest BCUT2D eigenvalue weighted by molar-refractivity contribution is 7.13. The van der Waals surface area contributed by atoms with Crippen LogP contribution in [0.3, 0.4) is 0 Å². The highest BCUT2D eigenvalue weighted by Gasteiger charge is 2.45. The summed E-state index contributed by atoms with van der Waals surface area (Å²) in [5, 5.41) is 9.34. The Balaban J connectivity index is 1.84. The molecule has 0 radical (unpaired) electrons. The summed E-state index contributed by atoms with van der Waals surface area (Å²) in [5.74, 6) is -0.454. The van der Waals surface area contributed by atoms with E-state index in [1.54, 1.807) is 30.3 Å². The molecule has 3 heterocycles. The van der Waals surface area contributed by atoms with Crippen molar-refractivity contribution < 1.29 is 9.21 Å². The predicted octanol–water partition coefficient (Wildman–Crippen LogP) is 5.01. The predicted molar refractivity (Wildman–Crippen MR) is 112 cm³/mol. The standard InChI is InChI=1S/C20H11Cl2N3O3S/c1-9-2-5-14-11(6-9)17(26)15-16(10-3-4-12(21)13(22)7-10)25(19(27)18(15)28-14)20-24-23-8-29-20/h2-8,16H,1H3. The smallest absolute Gasteiger partial charge is 0.297 e. The third-order valence-electron chi connectivity index (χ3n) is 4.84. The van der Waals surface area contributed by atoms with Crippen molar-refractivity contribution in [3.8, 4) is 0 Å². The fraction of sp³-hybridized carbons (Fsp3) is 0.100. The van der Waals surface area contributed by atoms with Gasteiger partial charge in [0.15, 0.2) is 5.43 Å². The lowest BCUT2D eigenvalue weighted by Crippen LogP contribution is -2.29. The van der Waals surface area contributed by atoms with Crippen molar-refractivity contribution in [3.63, 3.8) is 0 Å². The van der Waals surface area contributed by atoms with E-state index in [-0.39, 0.29) is 16.8 Å². The highest BCUT2D eigenvalue weighted by Crippen LogP contribution is 2.42. The van der Waals surface area contributed by atoms with Gasteiger partial charge in [0.2, 0.25) is 10.9 Å². The lowest BCUT2D eigenvalue weighted by molar-refractivity contribution is 0.0970. The van der Waals surface area contributed by atoms with E-state index in [4.69, 9.17) is 27.6 Å². The molecule has 1 aliphatic heterocycles. The van der Waals surface area contributed by atoms with Gasteiger partial charge in [0.1, 0.15) is 11.1 Å². The molecule has 6 nitrogen and oxygen atoms in total. The van der Waals surface area contributed by atoms with Crippen molar-refractivity contribution in [1.29, 1.82) is 0 Å². The molecule has 9 heteroatoms. The fourth-order valence-electron chi connectivity index (χ4n) is 3.55. The molecule has 0 saturated heterocycles. The maximum Gasteiger partial charge on any atom is 0.297 e. The molecule has 144 valence electrons. The topological polar surface area (TPSA) is 76.3 Å². The molecule has 5 rings (SSSR count). The Labute approximate surface area is 178 Å². The Morgan fingerprint density at radius 3 is 2.66 bits per heavy atom. The maximum absolute atomic E-state index is 13.4. The number of halogens is 2. The van der Waals surface area contributed by atoms with Gasteiger partial charge in [-0.3, -0.25) is 14.5 Å². The summed E-state index contributed by atoms with van der Waals surface area (Å²) in [5.41, 5.74) is 3.41. The molecular formula is C20H11Cl2N3O3S. The molecule has 0 saturated carbocycles. The molecule has 0 N–H and O–H groups in total. The summed E-state index contributed by atoms with van der Waals surface area (Å²) in [6.07, 6.45) is 0. The van der Waals surface area contributed by atoms with Crippen LogP contribution in [-0.4, -0.2) is 16.1 Å². The van der Waals surface area contributed by atoms with E-state index in [9.17, 15) is 9.59 Å². The molecule has 0 spiro atoms. The van der Waals surface area contributed by atoms with E-state index in [2.05, 4.69) is 10.2 Å². The molecule has 29 heavy (non-hydrogen) atoms. The average molecular weight is 444 g/mol. The second-order valence-corrected chi connectivity index (χ2v) is 8.27. The van der Waals surface area contributed by atoms with Crippen LogP contribution in [0.25, 0.3) is 11.0 Å². The van der Waals surface area contributed by atoms with Crippen LogP contribution in [0.4, 0.5) is 5.13 Å². The molecule has 2 aromatic heterocycles. The fourth-order valence-corrected chi connectivity index (χ4v) is 4.45. The number of hydrogen-bond acceptors (Lipinski definition) is 6. The zero-order chi connectivity index (χ0) is 20.3. The lowest BCUT2D eigenvalue weighted by atomic mass is 9.98. The van der Waals surface area contributed by atoms with E-state index in [0.717, 1.165) is 5.56 Å². The van der Waals surface area contributed by atoms with Crippen molar-refractivity contribution in [2.75, 3.05) is 4.90 Å². The Morgan fingerprint density at radius 1 is 1.10 bits per heavy atom. The van der Waals surface area contributed by atoms with Gasteiger partial charge in [0.05, 0.1) is 27.0 Å². The number of anilines is 1. The molecule has 0 bridgehead atoms. The van der Waals surface area contributed by atoms with E-state index in [0.29, 0.717) is 31.7 Å². The second-order valence-electron chi connectivity index (χ2n) is 6.65. The summed E-state index contributed by atoms with van der Waals surface area (Å²) >= 11 is 13.5. The molecule has 1 amide bonds. The van der Waals surface area contributed by atoms with Crippen molar-refractivity contribution >= 4 is 56.5 Å². The van der Waals surface area contributed by atoms with Gasteiger partial charge in [-0.2, -0.15) is 0 Å². The van der Waals surface area contributed by atoms with Gasteiger partial charge in [0.25, 0.3) is 5.91 Å². The molecule has 0 aliphatic carbocycles. The number of nitrogens with zero attached hydrogens (tertiary/aromatic N) is 3. The number of benzene rings is 2. The number of fused-ring (bicyclic) bond motifs is 2. The number of aromatic nitrogens is 2. The third-order valence-corrected chi connectivity index (χ3v) is 6.27. The van der Waals surface area contributed by atoms with Crippen LogP contribution >= 0.6 is 34.5 Å². The zero-order valence-electron chi connectivity index (χ0n) is 14.8. The first-order chi connectivity index (χ1) is 14.0. The van der Waals surface area contributed by atoms with E-state index in [1.165, 1.54) is 21.7 Å². The first-order valence-corrected chi connectivity index (χ1v) is 10.2. The summed E-state index contributed by atoms with van der Waals surface area (Å²) in [7, 11) is 0. The summed E-state index contributed by atoms with van der Waals surface area (Å²) in [6, 6.07) is 9.54. The van der Waals surface area contributed by atoms with E-state index in [1.807, 2.05) is 13.0 Å². The van der Waals surface area contributed by atoms with Gasteiger partial charge in [-0.1, -0.05) is 52.2 Å². The Hall–Kier alpha value is -2.74. The normalized spacial score (nSPS) is 15.9. The van der Waals surface area contributed by atoms with Crippen LogP contribution < -0.4 is 10.3 Å². The number of aryl methyl sites for hydroxylation is 1. The number of rotatable bonds is 2. The molecular weight excluding hydrogens is 433 g/mol. The quantitative estimate of drug-likeness (QED) is 0.435. The van der Waals surface area contributed by atoms with Crippen LogP contribution in [0.5, 0.6) is 0 Å². The van der Waals surface area contributed by atoms with Gasteiger partial charge >= 0.3 is 0 Å². The highest BCUT2D eigenvalue weighted by atomic mass is 35.5. The monoisotopic (exact) mass is 443 g/mol. The minimum absolute atomic E-state index is 0.00220. The van der Waals surface area contributed by atoms with Crippen molar-refractivity contribution in [1.82, 2.24) is 10.2 Å². The molecule has 2 aromatic carbocycles. The van der Waals surface area contributed by atoms with Gasteiger partial charge in [-0.25, -0.2) is 0 Å². The van der Waals surface area contributed by atoms with Crippen LogP contribution in [0, 0.1) is 6.92 Å². The Bertz CT molecular complexity index is 1350. The van der Waals surface area contributed by atoms with E-state index < -0.39 is 11.9 Å². The van der Waals surface area contributed by atoms with Gasteiger partial charge in [-0.15, -0.1) is 10.2 Å². The second kappa shape index (κ2) is 6.66. The van der Waals surface area contributed by atoms with Gasteiger partial charge < -0.3 is 4.42 Å². The SMILES string of the molecule is Cc1ccc2oc3c(c(=O)c2c1)C(c1ccc(Cl)c(Cl)c1)N(c1nncs1)C3=O. The molecule has 0 fully saturated rings. The van der Waals surface area contributed by atoms with Crippen LogP contribution in [0.1, 0.15) is 33.3 Å². The number of hydrogen-bond donors (Lipinski definition) is 0. The maximum atomic E-state index is 13.4. The van der Waals surface area contributed by atoms with E-state index >= 15 is 0 Å². The third kappa shape index (κ3) is 2.77. The van der Waals surface area contributed by atoms with Crippen molar-refractivity contribution in [2.45, 2.75) is 13.0 Å². The van der Waals surface area contributed by atoms with Gasteiger partial charge in [-0.05, 0) is 36.8 Å². The van der Waals surface area contributed by atoms with Crippen LogP contribution in [0.15, 0.2) is 51.1 Å². The Kier molecular flexibility index (Phi) is 4.20. The van der Waals surface area contributed by atoms with Crippen LogP contribution in [-0.2, 0) is 0 Å².